The Hall–Kier alpha value is -0.610. The van der Waals surface area contributed by atoms with Gasteiger partial charge in [0.1, 0.15) is 6.61 Å². The molecule has 0 fully saturated rings. The van der Waals surface area contributed by atoms with Gasteiger partial charge in [-0.3, -0.25) is 4.79 Å². The molecule has 0 bridgehead atoms. The largest absolute Gasteiger partial charge is 0.463 e. The van der Waals surface area contributed by atoms with Crippen LogP contribution in [0.4, 0.5) is 0 Å². The third kappa shape index (κ3) is 9.91. The maximum Gasteiger partial charge on any atom is 0.311 e. The average molecular weight is 274 g/mol. The van der Waals surface area contributed by atoms with Gasteiger partial charge in [0.15, 0.2) is 0 Å². The Balaban J connectivity index is 3.75. The summed E-state index contributed by atoms with van der Waals surface area (Å²) in [6.07, 6.45) is -0.0560. The molecule has 4 heteroatoms. The number of ether oxygens (including phenoxy) is 3. The first kappa shape index (κ1) is 18.4. The monoisotopic (exact) mass is 274 g/mol. The second-order valence-electron chi connectivity index (χ2n) is 6.53. The number of esters is 1. The Labute approximate surface area is 117 Å². The number of hydrogen-bond acceptors (Lipinski definition) is 4. The van der Waals surface area contributed by atoms with E-state index in [2.05, 4.69) is 13.8 Å². The van der Waals surface area contributed by atoms with E-state index in [1.165, 1.54) is 0 Å². The normalized spacial score (nSPS) is 15.4. The Morgan fingerprint density at radius 1 is 0.895 bits per heavy atom. The van der Waals surface area contributed by atoms with Crippen molar-refractivity contribution in [3.8, 4) is 0 Å². The van der Waals surface area contributed by atoms with Crippen molar-refractivity contribution in [3.63, 3.8) is 0 Å². The van der Waals surface area contributed by atoms with Gasteiger partial charge in [-0.25, -0.2) is 0 Å². The Bertz CT molecular complexity index is 255. The number of hydrogen-bond donors (Lipinski definition) is 0. The van der Waals surface area contributed by atoms with Crippen molar-refractivity contribution in [1.29, 1.82) is 0 Å². The standard InChI is InChI=1S/C15H30O4/c1-11(2)8-17-12(3)9-18-13(4)10-19-14(16)15(5,6)7/h11-13H,8-10H2,1-7H3. The number of carbonyl (C=O) groups is 1. The van der Waals surface area contributed by atoms with Gasteiger partial charge in [0.2, 0.25) is 0 Å². The summed E-state index contributed by atoms with van der Waals surface area (Å²) in [5.74, 6) is 0.319. The molecule has 4 nitrogen and oxygen atoms in total. The van der Waals surface area contributed by atoms with Crippen LogP contribution in [0.15, 0.2) is 0 Å². The molecule has 0 aromatic rings. The fourth-order valence-corrected chi connectivity index (χ4v) is 1.16. The maximum atomic E-state index is 11.6. The van der Waals surface area contributed by atoms with Crippen molar-refractivity contribution in [2.24, 2.45) is 11.3 Å². The Kier molecular flexibility index (Phi) is 8.26. The highest BCUT2D eigenvalue weighted by molar-refractivity contribution is 5.75. The molecule has 0 N–H and O–H groups in total. The molecule has 2 atom stereocenters. The molecule has 0 heterocycles. The Morgan fingerprint density at radius 2 is 1.37 bits per heavy atom. The number of rotatable bonds is 8. The van der Waals surface area contributed by atoms with Gasteiger partial charge in [-0.2, -0.15) is 0 Å². The van der Waals surface area contributed by atoms with Crippen LogP contribution in [-0.2, 0) is 19.0 Å². The third-order valence-corrected chi connectivity index (χ3v) is 2.39. The van der Waals surface area contributed by atoms with Gasteiger partial charge in [0.25, 0.3) is 0 Å². The van der Waals surface area contributed by atoms with Gasteiger partial charge in [-0.05, 0) is 40.5 Å². The van der Waals surface area contributed by atoms with E-state index in [0.717, 1.165) is 6.61 Å². The summed E-state index contributed by atoms with van der Waals surface area (Å²) < 4.78 is 16.4. The summed E-state index contributed by atoms with van der Waals surface area (Å²) in [6.45, 7) is 15.1. The highest BCUT2D eigenvalue weighted by atomic mass is 16.6. The van der Waals surface area contributed by atoms with Crippen LogP contribution in [0.1, 0.15) is 48.5 Å². The number of carbonyl (C=O) groups excluding carboxylic acids is 1. The molecule has 0 aliphatic heterocycles. The molecule has 2 unspecified atom stereocenters. The molecule has 0 saturated carbocycles. The molecular weight excluding hydrogens is 244 g/mol. The highest BCUT2D eigenvalue weighted by Gasteiger charge is 2.23. The lowest BCUT2D eigenvalue weighted by Crippen LogP contribution is -2.29. The van der Waals surface area contributed by atoms with Crippen LogP contribution in [0.2, 0.25) is 0 Å². The van der Waals surface area contributed by atoms with E-state index >= 15 is 0 Å². The SMILES string of the molecule is CC(C)COC(C)COC(C)COC(=O)C(C)(C)C. The van der Waals surface area contributed by atoms with Crippen molar-refractivity contribution >= 4 is 5.97 Å². The predicted octanol–water partition coefficient (Wildman–Crippen LogP) is 3.04. The van der Waals surface area contributed by atoms with E-state index in [0.29, 0.717) is 12.5 Å². The minimum Gasteiger partial charge on any atom is -0.463 e. The van der Waals surface area contributed by atoms with Crippen molar-refractivity contribution < 1.29 is 19.0 Å². The van der Waals surface area contributed by atoms with Crippen molar-refractivity contribution in [2.75, 3.05) is 19.8 Å². The van der Waals surface area contributed by atoms with Crippen LogP contribution < -0.4 is 0 Å². The molecule has 0 saturated heterocycles. The van der Waals surface area contributed by atoms with Gasteiger partial charge in [-0.1, -0.05) is 13.8 Å². The van der Waals surface area contributed by atoms with Crippen LogP contribution in [0.3, 0.4) is 0 Å². The predicted molar refractivity (Wildman–Crippen MR) is 76.1 cm³/mol. The zero-order valence-corrected chi connectivity index (χ0v) is 13.5. The molecule has 0 rings (SSSR count). The van der Waals surface area contributed by atoms with E-state index in [1.54, 1.807) is 0 Å². The summed E-state index contributed by atoms with van der Waals surface area (Å²) in [7, 11) is 0. The lowest BCUT2D eigenvalue weighted by Gasteiger charge is -2.21. The first-order chi connectivity index (χ1) is 8.62. The van der Waals surface area contributed by atoms with E-state index in [9.17, 15) is 4.79 Å². The first-order valence-corrected chi connectivity index (χ1v) is 7.03. The maximum absolute atomic E-state index is 11.6. The van der Waals surface area contributed by atoms with Crippen molar-refractivity contribution in [2.45, 2.75) is 60.7 Å². The molecule has 0 aromatic heterocycles. The summed E-state index contributed by atoms with van der Waals surface area (Å²) >= 11 is 0. The fraction of sp³-hybridized carbons (Fsp3) is 0.933. The molecule has 0 spiro atoms. The molecular formula is C15H30O4. The first-order valence-electron chi connectivity index (χ1n) is 7.03. The van der Waals surface area contributed by atoms with E-state index in [4.69, 9.17) is 14.2 Å². The van der Waals surface area contributed by atoms with E-state index < -0.39 is 5.41 Å². The Morgan fingerprint density at radius 3 is 1.84 bits per heavy atom. The van der Waals surface area contributed by atoms with E-state index in [-0.39, 0.29) is 24.8 Å². The smallest absolute Gasteiger partial charge is 0.311 e. The molecule has 114 valence electrons. The lowest BCUT2D eigenvalue weighted by molar-refractivity contribution is -0.157. The van der Waals surface area contributed by atoms with Crippen LogP contribution in [-0.4, -0.2) is 38.0 Å². The fourth-order valence-electron chi connectivity index (χ4n) is 1.16. The second-order valence-corrected chi connectivity index (χ2v) is 6.53. The highest BCUT2D eigenvalue weighted by Crippen LogP contribution is 2.15. The van der Waals surface area contributed by atoms with E-state index in [1.807, 2.05) is 34.6 Å². The van der Waals surface area contributed by atoms with Crippen LogP contribution >= 0.6 is 0 Å². The minimum atomic E-state index is -0.465. The summed E-state index contributed by atoms with van der Waals surface area (Å²) in [4.78, 5) is 11.6. The average Bonchev–Trinajstić information content (AvgIpc) is 2.29. The molecule has 0 amide bonds. The minimum absolute atomic E-state index is 0.0585. The molecule has 0 aliphatic rings. The summed E-state index contributed by atoms with van der Waals surface area (Å²) in [5, 5.41) is 0. The zero-order valence-electron chi connectivity index (χ0n) is 13.5. The summed E-state index contributed by atoms with van der Waals surface area (Å²) in [5.41, 5.74) is -0.465. The second kappa shape index (κ2) is 8.54. The molecule has 0 radical (unpaired) electrons. The summed E-state index contributed by atoms with van der Waals surface area (Å²) in [6, 6.07) is 0. The lowest BCUT2D eigenvalue weighted by atomic mass is 9.97. The molecule has 19 heavy (non-hydrogen) atoms. The van der Waals surface area contributed by atoms with Crippen molar-refractivity contribution in [1.82, 2.24) is 0 Å². The van der Waals surface area contributed by atoms with Gasteiger partial charge < -0.3 is 14.2 Å². The van der Waals surface area contributed by atoms with Gasteiger partial charge >= 0.3 is 5.97 Å². The molecule has 0 aromatic carbocycles. The molecule has 0 aliphatic carbocycles. The van der Waals surface area contributed by atoms with Crippen LogP contribution in [0.5, 0.6) is 0 Å². The third-order valence-electron chi connectivity index (χ3n) is 2.39. The van der Waals surface area contributed by atoms with Gasteiger partial charge in [-0.15, -0.1) is 0 Å². The van der Waals surface area contributed by atoms with Crippen LogP contribution in [0.25, 0.3) is 0 Å². The van der Waals surface area contributed by atoms with Gasteiger partial charge in [0.05, 0.1) is 24.2 Å². The topological polar surface area (TPSA) is 44.8 Å². The zero-order chi connectivity index (χ0) is 15.1. The quantitative estimate of drug-likeness (QED) is 0.638. The van der Waals surface area contributed by atoms with Crippen molar-refractivity contribution in [3.05, 3.63) is 0 Å². The van der Waals surface area contributed by atoms with Gasteiger partial charge in [0, 0.05) is 6.61 Å². The van der Waals surface area contributed by atoms with Crippen LogP contribution in [0, 0.1) is 11.3 Å².